The first-order valence-electron chi connectivity index (χ1n) is 7.07. The summed E-state index contributed by atoms with van der Waals surface area (Å²) in [7, 11) is 0. The van der Waals surface area contributed by atoms with Crippen LogP contribution in [0.5, 0.6) is 0 Å². The van der Waals surface area contributed by atoms with E-state index in [1.165, 1.54) is 24.1 Å². The lowest BCUT2D eigenvalue weighted by atomic mass is 10.4. The summed E-state index contributed by atoms with van der Waals surface area (Å²) in [4.78, 5) is 35.9. The molecular weight excluding hydrogens is 332 g/mol. The predicted octanol–water partition coefficient (Wildman–Crippen LogP) is 1.76. The Morgan fingerprint density at radius 3 is 2.54 bits per heavy atom. The molecule has 2 aromatic rings. The van der Waals surface area contributed by atoms with Gasteiger partial charge in [0.25, 0.3) is 5.91 Å². The first-order valence-corrected chi connectivity index (χ1v) is 7.95. The second kappa shape index (κ2) is 8.78. The van der Waals surface area contributed by atoms with Crippen LogP contribution < -0.4 is 10.9 Å². The van der Waals surface area contributed by atoms with Gasteiger partial charge >= 0.3 is 11.9 Å². The summed E-state index contributed by atoms with van der Waals surface area (Å²) in [6.45, 7) is 1.20. The van der Waals surface area contributed by atoms with Gasteiger partial charge in [0.15, 0.2) is 12.4 Å². The maximum absolute atomic E-state index is 11.9. The highest BCUT2D eigenvalue weighted by atomic mass is 32.2. The fourth-order valence-electron chi connectivity index (χ4n) is 1.64. The number of furan rings is 1. The molecule has 0 saturated heterocycles. The number of hydrazine groups is 1. The van der Waals surface area contributed by atoms with Crippen LogP contribution in [0.15, 0.2) is 58.0 Å². The van der Waals surface area contributed by atoms with E-state index in [0.29, 0.717) is 0 Å². The van der Waals surface area contributed by atoms with Gasteiger partial charge in [0, 0.05) is 4.90 Å². The fourth-order valence-corrected chi connectivity index (χ4v) is 2.52. The molecule has 0 fully saturated rings. The van der Waals surface area contributed by atoms with Gasteiger partial charge in [-0.2, -0.15) is 0 Å². The van der Waals surface area contributed by atoms with Crippen molar-refractivity contribution in [2.45, 2.75) is 17.1 Å². The van der Waals surface area contributed by atoms with Gasteiger partial charge in [-0.3, -0.25) is 25.2 Å². The van der Waals surface area contributed by atoms with Crippen molar-refractivity contribution in [3.8, 4) is 0 Å². The van der Waals surface area contributed by atoms with Gasteiger partial charge < -0.3 is 9.15 Å². The summed E-state index contributed by atoms with van der Waals surface area (Å²) in [6, 6.07) is 12.4. The van der Waals surface area contributed by atoms with E-state index in [0.717, 1.165) is 4.90 Å². The van der Waals surface area contributed by atoms with Gasteiger partial charge in [-0.25, -0.2) is 0 Å². The minimum atomic E-state index is -0.653. The number of rotatable bonds is 6. The van der Waals surface area contributed by atoms with Gasteiger partial charge in [0.05, 0.1) is 6.26 Å². The SMILES string of the molecule is C[C@H](Sc1ccccc1)C(=O)OCC(=O)NNC(=O)c1ccco1. The number of benzene rings is 1. The molecule has 1 aromatic carbocycles. The minimum absolute atomic E-state index is 0.0557. The topological polar surface area (TPSA) is 97.6 Å². The zero-order valence-corrected chi connectivity index (χ0v) is 13.7. The summed E-state index contributed by atoms with van der Waals surface area (Å²) < 4.78 is 9.78. The maximum Gasteiger partial charge on any atom is 0.319 e. The van der Waals surface area contributed by atoms with E-state index in [9.17, 15) is 14.4 Å². The van der Waals surface area contributed by atoms with E-state index >= 15 is 0 Å². The van der Waals surface area contributed by atoms with E-state index in [1.807, 2.05) is 30.3 Å². The first kappa shape index (κ1) is 17.6. The number of nitrogens with one attached hydrogen (secondary N) is 2. The average molecular weight is 348 g/mol. The summed E-state index contributed by atoms with van der Waals surface area (Å²) in [5, 5.41) is -0.460. The Bertz CT molecular complexity index is 688. The van der Waals surface area contributed by atoms with Gasteiger partial charge in [-0.05, 0) is 31.2 Å². The van der Waals surface area contributed by atoms with Crippen LogP contribution >= 0.6 is 11.8 Å². The van der Waals surface area contributed by atoms with E-state index in [-0.39, 0.29) is 5.76 Å². The number of carbonyl (C=O) groups is 3. The zero-order chi connectivity index (χ0) is 17.4. The third-order valence-electron chi connectivity index (χ3n) is 2.79. The van der Waals surface area contributed by atoms with Gasteiger partial charge in [-0.15, -0.1) is 11.8 Å². The van der Waals surface area contributed by atoms with Crippen LogP contribution in [-0.4, -0.2) is 29.6 Å². The minimum Gasteiger partial charge on any atom is -0.459 e. The predicted molar refractivity (Wildman–Crippen MR) is 87.0 cm³/mol. The molecule has 0 bridgehead atoms. The molecule has 0 unspecified atom stereocenters. The van der Waals surface area contributed by atoms with E-state index in [1.54, 1.807) is 13.0 Å². The van der Waals surface area contributed by atoms with Crippen molar-refractivity contribution in [1.29, 1.82) is 0 Å². The molecule has 2 N–H and O–H groups in total. The van der Waals surface area contributed by atoms with Crippen molar-refractivity contribution in [3.63, 3.8) is 0 Å². The van der Waals surface area contributed by atoms with Crippen LogP contribution in [0.2, 0.25) is 0 Å². The molecule has 1 aromatic heterocycles. The van der Waals surface area contributed by atoms with Gasteiger partial charge in [0.2, 0.25) is 0 Å². The third-order valence-corrected chi connectivity index (χ3v) is 3.88. The maximum atomic E-state index is 11.9. The second-order valence-electron chi connectivity index (χ2n) is 4.66. The largest absolute Gasteiger partial charge is 0.459 e. The lowest BCUT2D eigenvalue weighted by molar-refractivity contribution is -0.147. The Balaban J connectivity index is 1.69. The normalized spacial score (nSPS) is 11.4. The molecule has 126 valence electrons. The zero-order valence-electron chi connectivity index (χ0n) is 12.9. The molecule has 0 spiro atoms. The average Bonchev–Trinajstić information content (AvgIpc) is 3.13. The summed E-state index contributed by atoms with van der Waals surface area (Å²) in [6.07, 6.45) is 1.34. The molecule has 0 radical (unpaired) electrons. The van der Waals surface area contributed by atoms with E-state index < -0.39 is 29.6 Å². The van der Waals surface area contributed by atoms with Gasteiger partial charge in [0.1, 0.15) is 5.25 Å². The van der Waals surface area contributed by atoms with Gasteiger partial charge in [-0.1, -0.05) is 18.2 Å². The van der Waals surface area contributed by atoms with Crippen LogP contribution in [-0.2, 0) is 14.3 Å². The highest BCUT2D eigenvalue weighted by molar-refractivity contribution is 8.00. The third kappa shape index (κ3) is 5.47. The number of esters is 1. The summed E-state index contributed by atoms with van der Waals surface area (Å²) in [5.41, 5.74) is 4.28. The summed E-state index contributed by atoms with van der Waals surface area (Å²) in [5.74, 6) is -1.72. The van der Waals surface area contributed by atoms with Crippen molar-refractivity contribution in [2.75, 3.05) is 6.61 Å². The van der Waals surface area contributed by atoms with Crippen LogP contribution in [0.25, 0.3) is 0 Å². The second-order valence-corrected chi connectivity index (χ2v) is 6.07. The molecule has 2 rings (SSSR count). The smallest absolute Gasteiger partial charge is 0.319 e. The molecule has 0 aliphatic rings. The van der Waals surface area contributed by atoms with Crippen LogP contribution in [0.4, 0.5) is 0 Å². The number of carbonyl (C=O) groups excluding carboxylic acids is 3. The lowest BCUT2D eigenvalue weighted by Crippen LogP contribution is -2.43. The quantitative estimate of drug-likeness (QED) is 0.469. The first-order chi connectivity index (χ1) is 11.6. The van der Waals surface area contributed by atoms with Crippen LogP contribution in [0, 0.1) is 0 Å². The molecule has 24 heavy (non-hydrogen) atoms. The Hall–Kier alpha value is -2.74. The molecule has 0 saturated carbocycles. The highest BCUT2D eigenvalue weighted by Gasteiger charge is 2.17. The van der Waals surface area contributed by atoms with Crippen molar-refractivity contribution >= 4 is 29.5 Å². The van der Waals surface area contributed by atoms with Crippen molar-refractivity contribution in [3.05, 3.63) is 54.5 Å². The number of ether oxygens (including phenoxy) is 1. The van der Waals surface area contributed by atoms with E-state index in [4.69, 9.17) is 9.15 Å². The molecule has 1 heterocycles. The number of hydrogen-bond donors (Lipinski definition) is 2. The lowest BCUT2D eigenvalue weighted by Gasteiger charge is -2.11. The molecular formula is C16H16N2O5S. The van der Waals surface area contributed by atoms with Crippen LogP contribution in [0.1, 0.15) is 17.5 Å². The number of amides is 2. The molecule has 1 atom stereocenters. The molecule has 2 amide bonds. The van der Waals surface area contributed by atoms with E-state index in [2.05, 4.69) is 10.9 Å². The Morgan fingerprint density at radius 1 is 1.12 bits per heavy atom. The highest BCUT2D eigenvalue weighted by Crippen LogP contribution is 2.23. The molecule has 0 aliphatic carbocycles. The summed E-state index contributed by atoms with van der Waals surface area (Å²) >= 11 is 1.33. The van der Waals surface area contributed by atoms with Crippen LogP contribution in [0.3, 0.4) is 0 Å². The van der Waals surface area contributed by atoms with Crippen molar-refractivity contribution < 1.29 is 23.5 Å². The number of hydrogen-bond acceptors (Lipinski definition) is 6. The Kier molecular flexibility index (Phi) is 6.44. The monoisotopic (exact) mass is 348 g/mol. The number of thioether (sulfide) groups is 1. The fraction of sp³-hybridized carbons (Fsp3) is 0.188. The Morgan fingerprint density at radius 2 is 1.88 bits per heavy atom. The van der Waals surface area contributed by atoms with Crippen molar-refractivity contribution in [1.82, 2.24) is 10.9 Å². The molecule has 7 nitrogen and oxygen atoms in total. The Labute approximate surface area is 142 Å². The molecule has 8 heteroatoms. The van der Waals surface area contributed by atoms with Crippen molar-refractivity contribution in [2.24, 2.45) is 0 Å². The molecule has 0 aliphatic heterocycles. The standard InChI is InChI=1S/C16H16N2O5S/c1-11(24-12-6-3-2-4-7-12)16(21)23-10-14(19)17-18-15(20)13-8-5-9-22-13/h2-9,11H,10H2,1H3,(H,17,19)(H,18,20)/t11-/m0/s1.